The fourth-order valence-electron chi connectivity index (χ4n) is 1.27. The standard InChI is InChI=1S/C8H15NO3/c1-2-3-7(10)6-9-4-5-12-8(9)11/h7,10H,2-6H2,1H3. The van der Waals surface area contributed by atoms with E-state index in [4.69, 9.17) is 4.74 Å². The number of aliphatic hydroxyl groups excluding tert-OH is 1. The molecule has 1 rings (SSSR count). The first-order chi connectivity index (χ1) is 5.74. The third kappa shape index (κ3) is 2.37. The molecule has 0 saturated carbocycles. The van der Waals surface area contributed by atoms with Gasteiger partial charge in [-0.25, -0.2) is 4.79 Å². The molecule has 12 heavy (non-hydrogen) atoms. The summed E-state index contributed by atoms with van der Waals surface area (Å²) >= 11 is 0. The molecule has 4 nitrogen and oxygen atoms in total. The van der Waals surface area contributed by atoms with Crippen LogP contribution in [0.5, 0.6) is 0 Å². The zero-order valence-electron chi connectivity index (χ0n) is 7.32. The molecule has 0 aromatic heterocycles. The van der Waals surface area contributed by atoms with E-state index in [2.05, 4.69) is 0 Å². The van der Waals surface area contributed by atoms with Crippen LogP contribution in [-0.4, -0.2) is 41.9 Å². The highest BCUT2D eigenvalue weighted by atomic mass is 16.6. The van der Waals surface area contributed by atoms with E-state index >= 15 is 0 Å². The van der Waals surface area contributed by atoms with Gasteiger partial charge in [0.15, 0.2) is 0 Å². The van der Waals surface area contributed by atoms with Crippen molar-refractivity contribution in [1.29, 1.82) is 0 Å². The maximum atomic E-state index is 10.9. The van der Waals surface area contributed by atoms with Crippen LogP contribution in [0.25, 0.3) is 0 Å². The van der Waals surface area contributed by atoms with Gasteiger partial charge in [-0.2, -0.15) is 0 Å². The lowest BCUT2D eigenvalue weighted by Crippen LogP contribution is -2.32. The lowest BCUT2D eigenvalue weighted by molar-refractivity contribution is 0.112. The second kappa shape index (κ2) is 4.30. The Kier molecular flexibility index (Phi) is 3.34. The van der Waals surface area contributed by atoms with Crippen LogP contribution in [-0.2, 0) is 4.74 Å². The summed E-state index contributed by atoms with van der Waals surface area (Å²) in [5.41, 5.74) is 0. The Morgan fingerprint density at radius 3 is 3.00 bits per heavy atom. The van der Waals surface area contributed by atoms with Gasteiger partial charge >= 0.3 is 6.09 Å². The third-order valence-corrected chi connectivity index (χ3v) is 1.90. The molecule has 1 fully saturated rings. The molecular weight excluding hydrogens is 158 g/mol. The zero-order chi connectivity index (χ0) is 8.97. The van der Waals surface area contributed by atoms with Crippen LogP contribution in [0.2, 0.25) is 0 Å². The number of ether oxygens (including phenoxy) is 1. The van der Waals surface area contributed by atoms with Crippen molar-refractivity contribution in [2.75, 3.05) is 19.7 Å². The Morgan fingerprint density at radius 1 is 1.75 bits per heavy atom. The average Bonchev–Trinajstić information content (AvgIpc) is 2.37. The molecular formula is C8H15NO3. The van der Waals surface area contributed by atoms with Crippen LogP contribution in [0.15, 0.2) is 0 Å². The third-order valence-electron chi connectivity index (χ3n) is 1.90. The van der Waals surface area contributed by atoms with E-state index in [0.717, 1.165) is 12.8 Å². The second-order valence-electron chi connectivity index (χ2n) is 3.00. The number of rotatable bonds is 4. The summed E-state index contributed by atoms with van der Waals surface area (Å²) in [7, 11) is 0. The topological polar surface area (TPSA) is 49.8 Å². The Morgan fingerprint density at radius 2 is 2.50 bits per heavy atom. The highest BCUT2D eigenvalue weighted by molar-refractivity contribution is 5.69. The summed E-state index contributed by atoms with van der Waals surface area (Å²) in [5.74, 6) is 0. The van der Waals surface area contributed by atoms with E-state index in [9.17, 15) is 9.90 Å². The molecule has 0 aliphatic carbocycles. The predicted molar refractivity (Wildman–Crippen MR) is 43.8 cm³/mol. The fraction of sp³-hybridized carbons (Fsp3) is 0.875. The number of β-amino-alcohol motifs (C(OH)–C–C–N with tert-alkyl or cyclic N) is 1. The van der Waals surface area contributed by atoms with E-state index in [1.807, 2.05) is 6.92 Å². The Bertz CT molecular complexity index is 160. The van der Waals surface area contributed by atoms with E-state index < -0.39 is 6.10 Å². The molecule has 4 heteroatoms. The number of aliphatic hydroxyl groups is 1. The zero-order valence-corrected chi connectivity index (χ0v) is 7.32. The summed E-state index contributed by atoms with van der Waals surface area (Å²) < 4.78 is 4.72. The molecule has 1 heterocycles. The Labute approximate surface area is 72.1 Å². The molecule has 1 amide bonds. The first kappa shape index (κ1) is 9.32. The van der Waals surface area contributed by atoms with Crippen LogP contribution < -0.4 is 0 Å². The number of carbonyl (C=O) groups is 1. The van der Waals surface area contributed by atoms with Crippen LogP contribution >= 0.6 is 0 Å². The predicted octanol–water partition coefficient (Wildman–Crippen LogP) is 0.600. The lowest BCUT2D eigenvalue weighted by atomic mass is 10.2. The van der Waals surface area contributed by atoms with Crippen LogP contribution in [0.4, 0.5) is 4.79 Å². The summed E-state index contributed by atoms with van der Waals surface area (Å²) in [4.78, 5) is 12.4. The largest absolute Gasteiger partial charge is 0.448 e. The van der Waals surface area contributed by atoms with Gasteiger partial charge in [-0.15, -0.1) is 0 Å². The van der Waals surface area contributed by atoms with Gasteiger partial charge < -0.3 is 14.7 Å². The minimum atomic E-state index is -0.402. The molecule has 1 aliphatic rings. The quantitative estimate of drug-likeness (QED) is 0.677. The lowest BCUT2D eigenvalue weighted by Gasteiger charge is -2.16. The maximum Gasteiger partial charge on any atom is 0.410 e. The van der Waals surface area contributed by atoms with Crippen molar-refractivity contribution in [2.24, 2.45) is 0 Å². The minimum absolute atomic E-state index is 0.301. The Balaban J connectivity index is 2.25. The number of cyclic esters (lactones) is 1. The van der Waals surface area contributed by atoms with Crippen molar-refractivity contribution in [3.63, 3.8) is 0 Å². The summed E-state index contributed by atoms with van der Waals surface area (Å²) in [5, 5.41) is 9.38. The van der Waals surface area contributed by atoms with E-state index in [-0.39, 0.29) is 6.09 Å². The van der Waals surface area contributed by atoms with Crippen molar-refractivity contribution in [3.8, 4) is 0 Å². The van der Waals surface area contributed by atoms with Crippen LogP contribution in [0.3, 0.4) is 0 Å². The van der Waals surface area contributed by atoms with Crippen molar-refractivity contribution < 1.29 is 14.6 Å². The van der Waals surface area contributed by atoms with E-state index in [1.54, 1.807) is 4.90 Å². The first-order valence-corrected chi connectivity index (χ1v) is 4.33. The number of hydrogen-bond donors (Lipinski definition) is 1. The smallest absolute Gasteiger partial charge is 0.410 e. The molecule has 0 aromatic rings. The van der Waals surface area contributed by atoms with Gasteiger partial charge in [0, 0.05) is 0 Å². The summed E-state index contributed by atoms with van der Waals surface area (Å²) in [6.45, 7) is 3.48. The number of carbonyl (C=O) groups excluding carboxylic acids is 1. The Hall–Kier alpha value is -0.770. The first-order valence-electron chi connectivity index (χ1n) is 4.33. The van der Waals surface area contributed by atoms with E-state index in [0.29, 0.717) is 19.7 Å². The molecule has 1 saturated heterocycles. The van der Waals surface area contributed by atoms with Crippen molar-refractivity contribution in [1.82, 2.24) is 4.90 Å². The maximum absolute atomic E-state index is 10.9. The van der Waals surface area contributed by atoms with Gasteiger partial charge in [0.05, 0.1) is 19.2 Å². The molecule has 1 atom stereocenters. The van der Waals surface area contributed by atoms with Gasteiger partial charge in [0.25, 0.3) is 0 Å². The molecule has 0 spiro atoms. The van der Waals surface area contributed by atoms with Crippen molar-refractivity contribution in [2.45, 2.75) is 25.9 Å². The fourth-order valence-corrected chi connectivity index (χ4v) is 1.27. The molecule has 1 N–H and O–H groups in total. The molecule has 1 aliphatic heterocycles. The number of amides is 1. The molecule has 0 radical (unpaired) electrons. The highest BCUT2D eigenvalue weighted by Gasteiger charge is 2.23. The van der Waals surface area contributed by atoms with Gasteiger partial charge in [0.2, 0.25) is 0 Å². The highest BCUT2D eigenvalue weighted by Crippen LogP contribution is 2.06. The van der Waals surface area contributed by atoms with Crippen LogP contribution in [0, 0.1) is 0 Å². The van der Waals surface area contributed by atoms with Crippen molar-refractivity contribution >= 4 is 6.09 Å². The average molecular weight is 173 g/mol. The molecule has 0 aromatic carbocycles. The van der Waals surface area contributed by atoms with Gasteiger partial charge in [-0.05, 0) is 6.42 Å². The minimum Gasteiger partial charge on any atom is -0.448 e. The summed E-state index contributed by atoms with van der Waals surface area (Å²) in [6, 6.07) is 0. The van der Waals surface area contributed by atoms with Crippen molar-refractivity contribution in [3.05, 3.63) is 0 Å². The molecule has 0 bridgehead atoms. The van der Waals surface area contributed by atoms with Gasteiger partial charge in [0.1, 0.15) is 6.61 Å². The molecule has 1 unspecified atom stereocenters. The van der Waals surface area contributed by atoms with Crippen LogP contribution in [0.1, 0.15) is 19.8 Å². The number of hydrogen-bond acceptors (Lipinski definition) is 3. The van der Waals surface area contributed by atoms with Gasteiger partial charge in [-0.3, -0.25) is 0 Å². The van der Waals surface area contributed by atoms with E-state index in [1.165, 1.54) is 0 Å². The molecule has 70 valence electrons. The van der Waals surface area contributed by atoms with Gasteiger partial charge in [-0.1, -0.05) is 13.3 Å². The SMILES string of the molecule is CCCC(O)CN1CCOC1=O. The monoisotopic (exact) mass is 173 g/mol. The summed E-state index contributed by atoms with van der Waals surface area (Å²) in [6.07, 6.45) is 0.971. The number of nitrogens with zero attached hydrogens (tertiary/aromatic N) is 1. The second-order valence-corrected chi connectivity index (χ2v) is 3.00. The normalized spacial score (nSPS) is 19.5.